The highest BCUT2D eigenvalue weighted by molar-refractivity contribution is 6.31. The molecule has 1 saturated heterocycles. The van der Waals surface area contributed by atoms with Gasteiger partial charge in [0.15, 0.2) is 5.75 Å². The van der Waals surface area contributed by atoms with Crippen LogP contribution in [0.3, 0.4) is 0 Å². The number of methoxy groups -OCH3 is 1. The Labute approximate surface area is 203 Å². The zero-order valence-electron chi connectivity index (χ0n) is 18.7. The predicted molar refractivity (Wildman–Crippen MR) is 127 cm³/mol. The van der Waals surface area contributed by atoms with Crippen molar-refractivity contribution >= 4 is 35.0 Å². The molecule has 0 aliphatic carbocycles. The second-order valence-electron chi connectivity index (χ2n) is 7.52. The van der Waals surface area contributed by atoms with Crippen molar-refractivity contribution in [2.75, 3.05) is 12.1 Å². The molecule has 1 heterocycles. The van der Waals surface area contributed by atoms with Crippen molar-refractivity contribution in [1.29, 1.82) is 0 Å². The number of ether oxygens (including phenoxy) is 2. The Kier molecular flexibility index (Phi) is 6.59. The van der Waals surface area contributed by atoms with Gasteiger partial charge in [-0.2, -0.15) is 0 Å². The molecule has 3 aromatic rings. The smallest absolute Gasteiger partial charge is 0.315 e. The van der Waals surface area contributed by atoms with Crippen molar-refractivity contribution in [3.63, 3.8) is 0 Å². The maximum Gasteiger partial charge on any atom is 0.315 e. The van der Waals surface area contributed by atoms with E-state index in [1.807, 2.05) is 0 Å². The van der Waals surface area contributed by atoms with Crippen molar-refractivity contribution in [3.8, 4) is 11.5 Å². The van der Waals surface area contributed by atoms with Gasteiger partial charge in [-0.05, 0) is 47.5 Å². The van der Waals surface area contributed by atoms with E-state index in [0.29, 0.717) is 11.3 Å². The van der Waals surface area contributed by atoms with E-state index < -0.39 is 27.3 Å². The number of carbonyl (C=O) groups is 2. The van der Waals surface area contributed by atoms with Crippen LogP contribution in [-0.2, 0) is 16.2 Å². The average molecular weight is 490 g/mol. The van der Waals surface area contributed by atoms with E-state index in [2.05, 4.69) is 5.43 Å². The van der Waals surface area contributed by atoms with Crippen LogP contribution in [-0.4, -0.2) is 28.8 Å². The zero-order chi connectivity index (χ0) is 25.8. The first-order valence-corrected chi connectivity index (χ1v) is 10.4. The van der Waals surface area contributed by atoms with Crippen LogP contribution in [0.15, 0.2) is 72.3 Å². The number of nitro benzene ring substituents is 2. The Balaban J connectivity index is 1.63. The number of nitrogens with one attached hydrogen (secondary N) is 1. The monoisotopic (exact) mass is 490 g/mol. The summed E-state index contributed by atoms with van der Waals surface area (Å²) in [6.07, 6.45) is 1.23. The highest BCUT2D eigenvalue weighted by Gasteiger charge is 2.34. The van der Waals surface area contributed by atoms with Crippen molar-refractivity contribution < 1.29 is 28.9 Å². The summed E-state index contributed by atoms with van der Waals surface area (Å²) in [6, 6.07) is 16.6. The van der Waals surface area contributed by atoms with Crippen LogP contribution in [0.4, 0.5) is 17.1 Å². The number of amides is 2. The molecule has 3 aromatic carbocycles. The molecular weight excluding hydrogens is 472 g/mol. The molecule has 1 N–H and O–H groups in total. The minimum absolute atomic E-state index is 0.00345. The van der Waals surface area contributed by atoms with Gasteiger partial charge >= 0.3 is 5.69 Å². The summed E-state index contributed by atoms with van der Waals surface area (Å²) in [4.78, 5) is 46.7. The molecule has 0 unspecified atom stereocenters. The molecule has 0 spiro atoms. The fourth-order valence-electron chi connectivity index (χ4n) is 3.48. The summed E-state index contributed by atoms with van der Waals surface area (Å²) in [5, 5.41) is 23.7. The van der Waals surface area contributed by atoms with Crippen LogP contribution in [0.5, 0.6) is 11.5 Å². The lowest BCUT2D eigenvalue weighted by Crippen LogP contribution is -2.35. The van der Waals surface area contributed by atoms with Gasteiger partial charge < -0.3 is 9.47 Å². The lowest BCUT2D eigenvalue weighted by Gasteiger charge is -2.14. The van der Waals surface area contributed by atoms with Gasteiger partial charge in [0.2, 0.25) is 5.75 Å². The van der Waals surface area contributed by atoms with Crippen LogP contribution in [0.1, 0.15) is 11.1 Å². The van der Waals surface area contributed by atoms with E-state index in [-0.39, 0.29) is 34.9 Å². The number of nitro groups is 2. The number of hydrogen-bond donors (Lipinski definition) is 1. The third-order valence-electron chi connectivity index (χ3n) is 5.22. The van der Waals surface area contributed by atoms with Gasteiger partial charge in [0.1, 0.15) is 12.2 Å². The number of carbonyl (C=O) groups excluding carboxylic acids is 2. The number of non-ortho nitro benzene ring substituents is 1. The fourth-order valence-corrected chi connectivity index (χ4v) is 3.48. The number of para-hydroxylation sites is 1. The van der Waals surface area contributed by atoms with Crippen molar-refractivity contribution in [3.05, 3.63) is 104 Å². The second-order valence-corrected chi connectivity index (χ2v) is 7.52. The quantitative estimate of drug-likeness (QED) is 0.218. The molecule has 2 amide bonds. The molecule has 1 aliphatic rings. The summed E-state index contributed by atoms with van der Waals surface area (Å²) in [5.74, 6) is -1.45. The first-order chi connectivity index (χ1) is 17.3. The molecule has 0 aromatic heterocycles. The minimum atomic E-state index is -0.678. The van der Waals surface area contributed by atoms with Crippen LogP contribution in [0.25, 0.3) is 6.08 Å². The van der Waals surface area contributed by atoms with E-state index in [1.165, 1.54) is 43.5 Å². The zero-order valence-corrected chi connectivity index (χ0v) is 18.7. The number of anilines is 1. The molecule has 0 atom stereocenters. The van der Waals surface area contributed by atoms with Gasteiger partial charge in [0.25, 0.3) is 17.5 Å². The van der Waals surface area contributed by atoms with E-state index in [9.17, 15) is 29.8 Å². The maximum absolute atomic E-state index is 12.8. The van der Waals surface area contributed by atoms with Crippen LogP contribution < -0.4 is 19.9 Å². The number of hydrazine groups is 1. The van der Waals surface area contributed by atoms with Gasteiger partial charge in [-0.1, -0.05) is 18.2 Å². The lowest BCUT2D eigenvalue weighted by molar-refractivity contribution is -0.386. The van der Waals surface area contributed by atoms with Gasteiger partial charge in [0, 0.05) is 18.2 Å². The Morgan fingerprint density at radius 2 is 1.67 bits per heavy atom. The first-order valence-electron chi connectivity index (χ1n) is 10.4. The molecule has 0 radical (unpaired) electrons. The van der Waals surface area contributed by atoms with Gasteiger partial charge in [-0.15, -0.1) is 0 Å². The minimum Gasteiger partial charge on any atom is -0.493 e. The molecule has 12 heteroatoms. The highest BCUT2D eigenvalue weighted by atomic mass is 16.6. The molecule has 182 valence electrons. The first kappa shape index (κ1) is 23.9. The summed E-state index contributed by atoms with van der Waals surface area (Å²) >= 11 is 0. The summed E-state index contributed by atoms with van der Waals surface area (Å²) < 4.78 is 10.9. The topological polar surface area (TPSA) is 154 Å². The molecule has 4 rings (SSSR count). The fraction of sp³-hybridized carbons (Fsp3) is 0.0833. The second kappa shape index (κ2) is 9.93. The van der Waals surface area contributed by atoms with Crippen LogP contribution in [0.2, 0.25) is 0 Å². The molecule has 1 fully saturated rings. The van der Waals surface area contributed by atoms with Crippen molar-refractivity contribution in [2.24, 2.45) is 0 Å². The summed E-state index contributed by atoms with van der Waals surface area (Å²) in [7, 11) is 1.29. The molecule has 0 saturated carbocycles. The van der Waals surface area contributed by atoms with Crippen molar-refractivity contribution in [2.45, 2.75) is 6.61 Å². The highest BCUT2D eigenvalue weighted by Crippen LogP contribution is 2.39. The van der Waals surface area contributed by atoms with Gasteiger partial charge in [-0.3, -0.25) is 35.2 Å². The van der Waals surface area contributed by atoms with E-state index in [4.69, 9.17) is 9.47 Å². The van der Waals surface area contributed by atoms with Crippen LogP contribution in [0, 0.1) is 20.2 Å². The number of nitrogens with zero attached hydrogens (tertiary/aromatic N) is 3. The molecule has 1 aliphatic heterocycles. The predicted octanol–water partition coefficient (Wildman–Crippen LogP) is 3.55. The van der Waals surface area contributed by atoms with E-state index >= 15 is 0 Å². The number of benzene rings is 3. The Morgan fingerprint density at radius 3 is 2.28 bits per heavy atom. The lowest BCUT2D eigenvalue weighted by atomic mass is 10.1. The third kappa shape index (κ3) is 4.82. The largest absolute Gasteiger partial charge is 0.493 e. The van der Waals surface area contributed by atoms with Gasteiger partial charge in [-0.25, -0.2) is 5.01 Å². The Bertz CT molecular complexity index is 1390. The Hall–Kier alpha value is -5.26. The normalized spacial score (nSPS) is 14.0. The third-order valence-corrected chi connectivity index (χ3v) is 5.22. The van der Waals surface area contributed by atoms with E-state index in [1.54, 1.807) is 30.3 Å². The van der Waals surface area contributed by atoms with Gasteiger partial charge in [0.05, 0.1) is 22.6 Å². The molecular formula is C24H18N4O8. The average Bonchev–Trinajstić information content (AvgIpc) is 3.16. The maximum atomic E-state index is 12.8. The number of rotatable bonds is 8. The standard InChI is InChI=1S/C24H18N4O8/c1-35-21-13-16(11-19-23(29)25-26(24(19)30)17-5-3-2-4-6-17)12-20(28(33)34)22(21)36-14-15-7-9-18(10-8-15)27(31)32/h2-13H,14H2,1H3,(H,25,29)/b19-11-. The van der Waals surface area contributed by atoms with Crippen LogP contribution >= 0.6 is 0 Å². The summed E-state index contributed by atoms with van der Waals surface area (Å²) in [6.45, 7) is -0.122. The molecule has 36 heavy (non-hydrogen) atoms. The van der Waals surface area contributed by atoms with E-state index in [0.717, 1.165) is 11.1 Å². The molecule has 0 bridgehead atoms. The number of hydrogen-bond acceptors (Lipinski definition) is 8. The summed E-state index contributed by atoms with van der Waals surface area (Å²) in [5.41, 5.74) is 2.87. The SMILES string of the molecule is COc1cc(/C=C2/C(=O)NN(c3ccccc3)C2=O)cc([N+](=O)[O-])c1OCc1ccc([N+](=O)[O-])cc1. The van der Waals surface area contributed by atoms with Crippen molar-refractivity contribution in [1.82, 2.24) is 5.43 Å². The Morgan fingerprint density at radius 1 is 0.972 bits per heavy atom. The molecule has 12 nitrogen and oxygen atoms in total.